The molecule has 1 aromatic carbocycles. The summed E-state index contributed by atoms with van der Waals surface area (Å²) in [6, 6.07) is 7.05. The summed E-state index contributed by atoms with van der Waals surface area (Å²) in [6.07, 6.45) is 6.47. The van der Waals surface area contributed by atoms with Gasteiger partial charge >= 0.3 is 5.97 Å². The Bertz CT molecular complexity index is 531. The van der Waals surface area contributed by atoms with Crippen LogP contribution < -0.4 is 5.32 Å². The Morgan fingerprint density at radius 2 is 1.90 bits per heavy atom. The molecule has 0 bridgehead atoms. The van der Waals surface area contributed by atoms with Crippen LogP contribution in [0.2, 0.25) is 0 Å². The molecule has 4 nitrogen and oxygen atoms in total. The molecule has 1 aliphatic rings. The molecule has 1 N–H and O–H groups in total. The molecule has 0 amide bonds. The van der Waals surface area contributed by atoms with Gasteiger partial charge in [-0.2, -0.15) is 0 Å². The molecular formula is C17H21NO3. The second-order valence-electron chi connectivity index (χ2n) is 5.10. The average Bonchev–Trinajstić information content (AvgIpc) is 2.70. The summed E-state index contributed by atoms with van der Waals surface area (Å²) in [4.78, 5) is 23.4. The van der Waals surface area contributed by atoms with Gasteiger partial charge in [0.1, 0.15) is 0 Å². The van der Waals surface area contributed by atoms with Gasteiger partial charge in [0, 0.05) is 23.9 Å². The van der Waals surface area contributed by atoms with E-state index in [9.17, 15) is 9.59 Å². The molecule has 0 radical (unpaired) electrons. The van der Waals surface area contributed by atoms with Gasteiger partial charge in [0.15, 0.2) is 5.78 Å². The lowest BCUT2D eigenvalue weighted by molar-refractivity contribution is -0.115. The van der Waals surface area contributed by atoms with E-state index in [1.54, 1.807) is 25.3 Å². The van der Waals surface area contributed by atoms with E-state index >= 15 is 0 Å². The molecule has 112 valence electrons. The van der Waals surface area contributed by atoms with Crippen molar-refractivity contribution in [2.24, 2.45) is 0 Å². The number of ketones is 1. The predicted octanol–water partition coefficient (Wildman–Crippen LogP) is 3.69. The molecule has 2 rings (SSSR count). The van der Waals surface area contributed by atoms with Crippen molar-refractivity contribution in [3.05, 3.63) is 41.6 Å². The van der Waals surface area contributed by atoms with Crippen LogP contribution in [-0.4, -0.2) is 18.4 Å². The Morgan fingerprint density at radius 1 is 1.19 bits per heavy atom. The third-order valence-electron chi connectivity index (χ3n) is 3.52. The summed E-state index contributed by atoms with van der Waals surface area (Å²) in [5.74, 6) is -0.0792. The van der Waals surface area contributed by atoms with Gasteiger partial charge < -0.3 is 10.1 Å². The minimum atomic E-state index is -0.318. The second-order valence-corrected chi connectivity index (χ2v) is 5.10. The molecule has 1 fully saturated rings. The van der Waals surface area contributed by atoms with Crippen molar-refractivity contribution in [1.29, 1.82) is 0 Å². The lowest BCUT2D eigenvalue weighted by atomic mass is 10.1. The quantitative estimate of drug-likeness (QED) is 0.521. The lowest BCUT2D eigenvalue weighted by Crippen LogP contribution is -2.05. The van der Waals surface area contributed by atoms with Crippen molar-refractivity contribution >= 4 is 17.4 Å². The van der Waals surface area contributed by atoms with Crippen molar-refractivity contribution in [2.75, 3.05) is 11.9 Å². The Balaban J connectivity index is 1.99. The number of allylic oxidation sites excluding steroid dienone is 1. The summed E-state index contributed by atoms with van der Waals surface area (Å²) in [5.41, 5.74) is 2.25. The minimum Gasteiger partial charge on any atom is -0.462 e. The van der Waals surface area contributed by atoms with E-state index in [1.165, 1.54) is 0 Å². The summed E-state index contributed by atoms with van der Waals surface area (Å²) in [7, 11) is 0. The molecule has 0 saturated heterocycles. The summed E-state index contributed by atoms with van der Waals surface area (Å²) < 4.78 is 4.93. The van der Waals surface area contributed by atoms with Crippen LogP contribution in [0, 0.1) is 0 Å². The van der Waals surface area contributed by atoms with Crippen LogP contribution in [-0.2, 0) is 9.53 Å². The number of nitrogens with one attached hydrogen (secondary N) is 1. The van der Waals surface area contributed by atoms with Crippen molar-refractivity contribution in [3.8, 4) is 0 Å². The number of Topliss-reactive ketones (excluding diaryl/α,β-unsaturated/α-hetero) is 1. The van der Waals surface area contributed by atoms with Gasteiger partial charge in [-0.3, -0.25) is 4.79 Å². The monoisotopic (exact) mass is 287 g/mol. The van der Waals surface area contributed by atoms with Crippen LogP contribution in [0.4, 0.5) is 5.69 Å². The fourth-order valence-electron chi connectivity index (χ4n) is 2.32. The number of hydrogen-bond acceptors (Lipinski definition) is 4. The number of carbonyl (C=O) groups excluding carboxylic acids is 2. The molecule has 0 aromatic heterocycles. The molecule has 4 heteroatoms. The number of esters is 1. The smallest absolute Gasteiger partial charge is 0.338 e. The molecule has 1 aliphatic carbocycles. The van der Waals surface area contributed by atoms with Gasteiger partial charge in [0.25, 0.3) is 0 Å². The van der Waals surface area contributed by atoms with Crippen LogP contribution >= 0.6 is 0 Å². The number of benzene rings is 1. The number of carbonyl (C=O) groups is 2. The van der Waals surface area contributed by atoms with E-state index in [2.05, 4.69) is 5.32 Å². The normalized spacial score (nSPS) is 17.4. The van der Waals surface area contributed by atoms with Gasteiger partial charge in [-0.1, -0.05) is 6.42 Å². The van der Waals surface area contributed by atoms with Crippen LogP contribution in [0.5, 0.6) is 0 Å². The highest BCUT2D eigenvalue weighted by Gasteiger charge is 2.13. The highest BCUT2D eigenvalue weighted by Crippen LogP contribution is 2.20. The highest BCUT2D eigenvalue weighted by molar-refractivity contribution is 5.95. The maximum absolute atomic E-state index is 11.9. The maximum Gasteiger partial charge on any atom is 0.338 e. The van der Waals surface area contributed by atoms with E-state index in [4.69, 9.17) is 4.74 Å². The minimum absolute atomic E-state index is 0.239. The van der Waals surface area contributed by atoms with E-state index in [-0.39, 0.29) is 11.8 Å². The first-order valence-electron chi connectivity index (χ1n) is 7.46. The average molecular weight is 287 g/mol. The zero-order chi connectivity index (χ0) is 15.1. The zero-order valence-corrected chi connectivity index (χ0v) is 12.4. The molecule has 1 aromatic rings. The number of ether oxygens (including phenoxy) is 1. The number of rotatable bonds is 4. The molecule has 21 heavy (non-hydrogen) atoms. The van der Waals surface area contributed by atoms with Crippen LogP contribution in [0.3, 0.4) is 0 Å². The van der Waals surface area contributed by atoms with E-state index < -0.39 is 0 Å². The van der Waals surface area contributed by atoms with E-state index in [1.807, 2.05) is 12.1 Å². The van der Waals surface area contributed by atoms with E-state index in [0.29, 0.717) is 18.6 Å². The third kappa shape index (κ3) is 4.45. The largest absolute Gasteiger partial charge is 0.462 e. The molecular weight excluding hydrogens is 266 g/mol. The Labute approximate surface area is 125 Å². The van der Waals surface area contributed by atoms with Gasteiger partial charge in [0.05, 0.1) is 12.2 Å². The first-order chi connectivity index (χ1) is 10.2. The Morgan fingerprint density at radius 3 is 2.62 bits per heavy atom. The highest BCUT2D eigenvalue weighted by atomic mass is 16.5. The Hall–Kier alpha value is -2.10. The van der Waals surface area contributed by atoms with Gasteiger partial charge in [-0.05, 0) is 50.5 Å². The first-order valence-corrected chi connectivity index (χ1v) is 7.46. The third-order valence-corrected chi connectivity index (χ3v) is 3.52. The molecule has 0 aliphatic heterocycles. The summed E-state index contributed by atoms with van der Waals surface area (Å²) >= 11 is 0. The van der Waals surface area contributed by atoms with E-state index in [0.717, 1.165) is 36.9 Å². The molecule has 1 saturated carbocycles. The van der Waals surface area contributed by atoms with Crippen molar-refractivity contribution in [3.63, 3.8) is 0 Å². The first kappa shape index (κ1) is 15.3. The fourth-order valence-corrected chi connectivity index (χ4v) is 2.32. The van der Waals surface area contributed by atoms with Crippen LogP contribution in [0.25, 0.3) is 0 Å². The SMILES string of the molecule is CCOC(=O)c1ccc(N/C=C2\CCCCCC2=O)cc1. The lowest BCUT2D eigenvalue weighted by Gasteiger charge is -2.06. The molecule has 0 spiro atoms. The molecule has 0 atom stereocenters. The van der Waals surface area contributed by atoms with Crippen molar-refractivity contribution in [2.45, 2.75) is 39.0 Å². The topological polar surface area (TPSA) is 55.4 Å². The summed E-state index contributed by atoms with van der Waals surface area (Å²) in [6.45, 7) is 2.15. The zero-order valence-electron chi connectivity index (χ0n) is 12.4. The second kappa shape index (κ2) is 7.62. The van der Waals surface area contributed by atoms with Crippen molar-refractivity contribution in [1.82, 2.24) is 0 Å². The molecule has 0 heterocycles. The Kier molecular flexibility index (Phi) is 5.55. The van der Waals surface area contributed by atoms with Crippen LogP contribution in [0.15, 0.2) is 36.0 Å². The standard InChI is InChI=1S/C17H21NO3/c1-2-21-17(20)13-8-10-15(11-9-13)18-12-14-6-4-3-5-7-16(14)19/h8-12,18H,2-7H2,1H3/b14-12+. The summed E-state index contributed by atoms with van der Waals surface area (Å²) in [5, 5.41) is 3.14. The number of hydrogen-bond donors (Lipinski definition) is 1. The number of anilines is 1. The van der Waals surface area contributed by atoms with Crippen molar-refractivity contribution < 1.29 is 14.3 Å². The molecule has 0 unspecified atom stereocenters. The van der Waals surface area contributed by atoms with Gasteiger partial charge in [-0.15, -0.1) is 0 Å². The van der Waals surface area contributed by atoms with Gasteiger partial charge in [0.2, 0.25) is 0 Å². The van der Waals surface area contributed by atoms with Crippen LogP contribution in [0.1, 0.15) is 49.4 Å². The predicted molar refractivity (Wildman–Crippen MR) is 82.2 cm³/mol. The fraction of sp³-hybridized carbons (Fsp3) is 0.412. The van der Waals surface area contributed by atoms with Gasteiger partial charge in [-0.25, -0.2) is 4.79 Å². The maximum atomic E-state index is 11.9.